The number of carbonyl (C=O) groups excluding carboxylic acids is 3. The zero-order chi connectivity index (χ0) is 14.9. The van der Waals surface area contributed by atoms with Gasteiger partial charge in [-0.15, -0.1) is 0 Å². The predicted molar refractivity (Wildman–Crippen MR) is 73.4 cm³/mol. The van der Waals surface area contributed by atoms with E-state index in [0.717, 1.165) is 25.9 Å². The van der Waals surface area contributed by atoms with E-state index in [2.05, 4.69) is 10.2 Å². The number of carbonyl (C=O) groups is 3. The van der Waals surface area contributed by atoms with E-state index in [9.17, 15) is 14.4 Å². The summed E-state index contributed by atoms with van der Waals surface area (Å²) in [7, 11) is 0. The monoisotopic (exact) mass is 295 g/mol. The lowest BCUT2D eigenvalue weighted by molar-refractivity contribution is -0.151. The molecule has 2 heterocycles. The van der Waals surface area contributed by atoms with E-state index >= 15 is 0 Å². The molecule has 4 amide bonds. The molecule has 116 valence electrons. The first-order valence-corrected chi connectivity index (χ1v) is 7.61. The number of hydrogen-bond acceptors (Lipinski definition) is 5. The zero-order valence-electron chi connectivity index (χ0n) is 12.1. The Balaban J connectivity index is 1.67. The molecule has 0 unspecified atom stereocenters. The van der Waals surface area contributed by atoms with Gasteiger partial charge in [-0.05, 0) is 12.8 Å². The van der Waals surface area contributed by atoms with Crippen molar-refractivity contribution in [3.63, 3.8) is 0 Å². The van der Waals surface area contributed by atoms with Crippen molar-refractivity contribution in [1.82, 2.24) is 15.1 Å². The fourth-order valence-corrected chi connectivity index (χ4v) is 3.42. The minimum Gasteiger partial charge on any atom is -0.379 e. The maximum Gasteiger partial charge on any atom is 0.330 e. The maximum absolute atomic E-state index is 12.6. The number of nitrogens with zero attached hydrogens (tertiary/aromatic N) is 2. The minimum atomic E-state index is -0.987. The van der Waals surface area contributed by atoms with Gasteiger partial charge >= 0.3 is 6.03 Å². The van der Waals surface area contributed by atoms with Crippen LogP contribution in [-0.4, -0.2) is 67.0 Å². The Morgan fingerprint density at radius 1 is 1.05 bits per heavy atom. The third-order valence-electron chi connectivity index (χ3n) is 4.76. The number of amides is 4. The van der Waals surface area contributed by atoms with E-state index in [-0.39, 0.29) is 5.91 Å². The van der Waals surface area contributed by atoms with Crippen molar-refractivity contribution >= 4 is 17.8 Å². The zero-order valence-corrected chi connectivity index (χ0v) is 12.1. The van der Waals surface area contributed by atoms with E-state index in [4.69, 9.17) is 4.74 Å². The lowest BCUT2D eigenvalue weighted by Gasteiger charge is -2.38. The second-order valence-corrected chi connectivity index (χ2v) is 5.96. The highest BCUT2D eigenvalue weighted by Crippen LogP contribution is 2.41. The second kappa shape index (κ2) is 5.73. The Bertz CT molecular complexity index is 453. The van der Waals surface area contributed by atoms with Crippen LogP contribution in [0.25, 0.3) is 0 Å². The molecule has 1 aliphatic carbocycles. The summed E-state index contributed by atoms with van der Waals surface area (Å²) in [5.41, 5.74) is -0.987. The molecule has 2 aliphatic heterocycles. The number of hydrogen-bond donors (Lipinski definition) is 1. The number of imide groups is 2. The lowest BCUT2D eigenvalue weighted by atomic mass is 9.82. The van der Waals surface area contributed by atoms with Crippen LogP contribution in [0.15, 0.2) is 0 Å². The Labute approximate surface area is 123 Å². The highest BCUT2D eigenvalue weighted by molar-refractivity contribution is 6.19. The third-order valence-corrected chi connectivity index (χ3v) is 4.76. The van der Waals surface area contributed by atoms with Crippen molar-refractivity contribution in [3.05, 3.63) is 0 Å². The number of rotatable bonds is 3. The van der Waals surface area contributed by atoms with Gasteiger partial charge in [0.25, 0.3) is 0 Å². The van der Waals surface area contributed by atoms with Crippen LogP contribution in [0.2, 0.25) is 0 Å². The summed E-state index contributed by atoms with van der Waals surface area (Å²) in [6.07, 6.45) is 2.84. The molecule has 0 radical (unpaired) electrons. The van der Waals surface area contributed by atoms with E-state index in [0.29, 0.717) is 39.1 Å². The molecule has 0 atom stereocenters. The first-order valence-electron chi connectivity index (χ1n) is 7.61. The molecule has 0 aromatic rings. The number of morpholine rings is 1. The SMILES string of the molecule is O=C1NC(=O)C2(CCCC2)C(=O)N1CCN1CCOCC1. The van der Waals surface area contributed by atoms with Crippen LogP contribution < -0.4 is 5.32 Å². The van der Waals surface area contributed by atoms with Crippen LogP contribution in [0.3, 0.4) is 0 Å². The molecule has 21 heavy (non-hydrogen) atoms. The van der Waals surface area contributed by atoms with Gasteiger partial charge in [0, 0.05) is 26.2 Å². The van der Waals surface area contributed by atoms with Gasteiger partial charge in [0.15, 0.2) is 0 Å². The molecule has 0 bridgehead atoms. The average Bonchev–Trinajstić information content (AvgIpc) is 2.97. The largest absolute Gasteiger partial charge is 0.379 e. The quantitative estimate of drug-likeness (QED) is 0.739. The number of ether oxygens (including phenoxy) is 1. The fraction of sp³-hybridized carbons (Fsp3) is 0.786. The summed E-state index contributed by atoms with van der Waals surface area (Å²) in [5, 5.41) is 2.36. The molecule has 1 saturated carbocycles. The minimum absolute atomic E-state index is 0.304. The summed E-state index contributed by atoms with van der Waals surface area (Å²) in [6, 6.07) is -0.573. The Morgan fingerprint density at radius 2 is 1.71 bits per heavy atom. The van der Waals surface area contributed by atoms with Crippen molar-refractivity contribution in [3.8, 4) is 0 Å². The van der Waals surface area contributed by atoms with Crippen LogP contribution in [0.5, 0.6) is 0 Å². The van der Waals surface area contributed by atoms with Crippen LogP contribution >= 0.6 is 0 Å². The van der Waals surface area contributed by atoms with Gasteiger partial charge in [0.2, 0.25) is 11.8 Å². The van der Waals surface area contributed by atoms with Crippen molar-refractivity contribution in [2.24, 2.45) is 5.41 Å². The van der Waals surface area contributed by atoms with E-state index in [1.807, 2.05) is 0 Å². The third kappa shape index (κ3) is 2.55. The summed E-state index contributed by atoms with van der Waals surface area (Å²) < 4.78 is 5.28. The summed E-state index contributed by atoms with van der Waals surface area (Å²) in [5.74, 6) is -0.709. The second-order valence-electron chi connectivity index (χ2n) is 5.96. The molecule has 7 nitrogen and oxygen atoms in total. The number of nitrogens with one attached hydrogen (secondary N) is 1. The first-order chi connectivity index (χ1) is 10.1. The van der Waals surface area contributed by atoms with Gasteiger partial charge in [0.05, 0.1) is 13.2 Å². The molecule has 1 spiro atoms. The predicted octanol–water partition coefficient (Wildman–Crippen LogP) is -0.0426. The maximum atomic E-state index is 12.6. The molecule has 2 saturated heterocycles. The van der Waals surface area contributed by atoms with Gasteiger partial charge in [-0.25, -0.2) is 4.79 Å². The Kier molecular flexibility index (Phi) is 3.95. The molecule has 3 fully saturated rings. The molecule has 7 heteroatoms. The van der Waals surface area contributed by atoms with E-state index < -0.39 is 17.4 Å². The van der Waals surface area contributed by atoms with E-state index in [1.54, 1.807) is 0 Å². The Morgan fingerprint density at radius 3 is 2.38 bits per heavy atom. The molecule has 0 aromatic heterocycles. The van der Waals surface area contributed by atoms with Crippen LogP contribution in [0.4, 0.5) is 4.79 Å². The lowest BCUT2D eigenvalue weighted by Crippen LogP contribution is -2.64. The summed E-state index contributed by atoms with van der Waals surface area (Å²) in [4.78, 5) is 40.1. The normalized spacial score (nSPS) is 26.5. The van der Waals surface area contributed by atoms with Crippen molar-refractivity contribution in [2.75, 3.05) is 39.4 Å². The standard InChI is InChI=1S/C14H21N3O4/c18-11-14(3-1-2-4-14)12(19)17(13(20)15-11)6-5-16-7-9-21-10-8-16/h1-10H2,(H,15,18,20). The Hall–Kier alpha value is -1.47. The molecule has 0 aromatic carbocycles. The smallest absolute Gasteiger partial charge is 0.330 e. The van der Waals surface area contributed by atoms with Gasteiger partial charge < -0.3 is 4.74 Å². The van der Waals surface area contributed by atoms with Gasteiger partial charge in [-0.1, -0.05) is 12.8 Å². The van der Waals surface area contributed by atoms with Gasteiger partial charge in [-0.2, -0.15) is 0 Å². The van der Waals surface area contributed by atoms with Crippen molar-refractivity contribution < 1.29 is 19.1 Å². The van der Waals surface area contributed by atoms with Crippen LogP contribution in [0.1, 0.15) is 25.7 Å². The molecule has 3 aliphatic rings. The molecule has 3 rings (SSSR count). The summed E-state index contributed by atoms with van der Waals surface area (Å²) in [6.45, 7) is 3.96. The van der Waals surface area contributed by atoms with Crippen LogP contribution in [0, 0.1) is 5.41 Å². The van der Waals surface area contributed by atoms with Gasteiger partial charge in [-0.3, -0.25) is 24.7 Å². The molecule has 1 N–H and O–H groups in total. The van der Waals surface area contributed by atoms with Crippen molar-refractivity contribution in [1.29, 1.82) is 0 Å². The highest BCUT2D eigenvalue weighted by atomic mass is 16.5. The average molecular weight is 295 g/mol. The fourth-order valence-electron chi connectivity index (χ4n) is 3.42. The number of barbiturate groups is 1. The molecular weight excluding hydrogens is 274 g/mol. The van der Waals surface area contributed by atoms with E-state index in [1.165, 1.54) is 4.90 Å². The first kappa shape index (κ1) is 14.5. The topological polar surface area (TPSA) is 79.0 Å². The van der Waals surface area contributed by atoms with Gasteiger partial charge in [0.1, 0.15) is 5.41 Å². The summed E-state index contributed by atoms with van der Waals surface area (Å²) >= 11 is 0. The number of urea groups is 1. The highest BCUT2D eigenvalue weighted by Gasteiger charge is 2.54. The van der Waals surface area contributed by atoms with Crippen LogP contribution in [-0.2, 0) is 14.3 Å². The molecular formula is C14H21N3O4. The van der Waals surface area contributed by atoms with Crippen molar-refractivity contribution in [2.45, 2.75) is 25.7 Å².